The standard InChI is InChI=1S/C28H26N4O4/c1-28-25(35-3)15(29-2)12-18(36-28)31-16-10-6-4-8-13(16)19-21-22(27(34)30-26(21)33)20-14-9-5-7-11-17(14)32(28)24(20)23(19)31/h4-11,15,18,25,29-30,33-34H,12H2,1-3H3/t15-,18-,25-,28+/m0/s1. The highest BCUT2D eigenvalue weighted by atomic mass is 16.6. The smallest absolute Gasteiger partial charge is 0.200 e. The number of benzene rings is 3. The number of aromatic nitrogens is 3. The summed E-state index contributed by atoms with van der Waals surface area (Å²) in [5.41, 5.74) is 3.12. The number of hydrogen-bond donors (Lipinski definition) is 4. The molecule has 0 amide bonds. The van der Waals surface area contributed by atoms with Crippen molar-refractivity contribution in [1.29, 1.82) is 0 Å². The first kappa shape index (κ1) is 20.5. The van der Waals surface area contributed by atoms with Crippen molar-refractivity contribution in [3.8, 4) is 11.8 Å². The minimum absolute atomic E-state index is 0.0358. The Balaban J connectivity index is 1.77. The number of aromatic amines is 1. The third-order valence-electron chi connectivity index (χ3n) is 8.55. The molecule has 4 N–H and O–H groups in total. The second-order valence-corrected chi connectivity index (χ2v) is 10.2. The van der Waals surface area contributed by atoms with Gasteiger partial charge in [0, 0.05) is 41.1 Å². The number of nitrogens with one attached hydrogen (secondary N) is 2. The topological polar surface area (TPSA) is 96.6 Å². The van der Waals surface area contributed by atoms with E-state index in [2.05, 4.69) is 50.6 Å². The van der Waals surface area contributed by atoms with Crippen molar-refractivity contribution in [3.05, 3.63) is 48.5 Å². The van der Waals surface area contributed by atoms with Crippen LogP contribution in [0.1, 0.15) is 19.6 Å². The number of fused-ring (bicyclic) bond motifs is 13. The molecule has 1 saturated heterocycles. The van der Waals surface area contributed by atoms with Crippen LogP contribution in [0.2, 0.25) is 0 Å². The maximum atomic E-state index is 11.1. The lowest BCUT2D eigenvalue weighted by atomic mass is 9.93. The van der Waals surface area contributed by atoms with Gasteiger partial charge in [-0.2, -0.15) is 0 Å². The fourth-order valence-electron chi connectivity index (χ4n) is 7.28. The van der Waals surface area contributed by atoms with E-state index < -0.39 is 5.72 Å². The number of rotatable bonds is 2. The minimum Gasteiger partial charge on any atom is -0.494 e. The van der Waals surface area contributed by atoms with Crippen LogP contribution in [-0.4, -0.2) is 50.6 Å². The predicted molar refractivity (Wildman–Crippen MR) is 140 cm³/mol. The lowest BCUT2D eigenvalue weighted by molar-refractivity contribution is -0.256. The predicted octanol–water partition coefficient (Wildman–Crippen LogP) is 5.00. The maximum absolute atomic E-state index is 11.1. The fourth-order valence-corrected chi connectivity index (χ4v) is 7.28. The van der Waals surface area contributed by atoms with Crippen LogP contribution in [0.3, 0.4) is 0 Å². The number of methoxy groups -OCH3 is 1. The normalized spacial score (nSPS) is 25.7. The lowest BCUT2D eigenvalue weighted by Gasteiger charge is -2.48. The third kappa shape index (κ3) is 2.10. The molecule has 8 heteroatoms. The fraction of sp³-hybridized carbons (Fsp3) is 0.286. The van der Waals surface area contributed by atoms with Crippen molar-refractivity contribution >= 4 is 54.4 Å². The van der Waals surface area contributed by atoms with Crippen LogP contribution >= 0.6 is 0 Å². The molecule has 4 atom stereocenters. The molecule has 2 bridgehead atoms. The summed E-state index contributed by atoms with van der Waals surface area (Å²) in [5, 5.41) is 30.7. The largest absolute Gasteiger partial charge is 0.494 e. The molecule has 6 aromatic rings. The first-order chi connectivity index (χ1) is 17.5. The first-order valence-electron chi connectivity index (χ1n) is 12.3. The molecule has 1 fully saturated rings. The van der Waals surface area contributed by atoms with E-state index in [-0.39, 0.29) is 30.1 Å². The second-order valence-electron chi connectivity index (χ2n) is 10.2. The summed E-state index contributed by atoms with van der Waals surface area (Å²) in [6, 6.07) is 16.4. The van der Waals surface area contributed by atoms with E-state index >= 15 is 0 Å². The maximum Gasteiger partial charge on any atom is 0.200 e. The van der Waals surface area contributed by atoms with Gasteiger partial charge >= 0.3 is 0 Å². The molecule has 8 nitrogen and oxygen atoms in total. The molecule has 3 aromatic heterocycles. The molecule has 0 saturated carbocycles. The molecule has 36 heavy (non-hydrogen) atoms. The van der Waals surface area contributed by atoms with E-state index in [1.165, 1.54) is 0 Å². The molecular weight excluding hydrogens is 456 g/mol. The zero-order valence-corrected chi connectivity index (χ0v) is 20.2. The highest BCUT2D eigenvalue weighted by Gasteiger charge is 2.52. The number of likely N-dealkylation sites (N-methyl/N-ethyl adjacent to an activating group) is 1. The van der Waals surface area contributed by atoms with Crippen molar-refractivity contribution in [2.24, 2.45) is 0 Å². The highest BCUT2D eigenvalue weighted by Crippen LogP contribution is 2.55. The van der Waals surface area contributed by atoms with Crippen LogP contribution in [-0.2, 0) is 15.2 Å². The van der Waals surface area contributed by atoms with Gasteiger partial charge in [0.15, 0.2) is 17.5 Å². The summed E-state index contributed by atoms with van der Waals surface area (Å²) in [6.07, 6.45) is 0.174. The van der Waals surface area contributed by atoms with Gasteiger partial charge in [-0.1, -0.05) is 36.4 Å². The molecule has 0 unspecified atom stereocenters. The molecule has 182 valence electrons. The van der Waals surface area contributed by atoms with Gasteiger partial charge in [0.25, 0.3) is 0 Å². The SMILES string of the molecule is CN[C@H]1C[C@@H]2O[C@](C)([C@H]1OC)n1c3ccccc3c3c4c(O)[nH]c(O)c4c4c5ccccc5n2c4c31. The monoisotopic (exact) mass is 482 g/mol. The van der Waals surface area contributed by atoms with Gasteiger partial charge in [-0.3, -0.25) is 4.98 Å². The molecule has 2 aliphatic rings. The van der Waals surface area contributed by atoms with Gasteiger partial charge in [-0.15, -0.1) is 0 Å². The first-order valence-corrected chi connectivity index (χ1v) is 12.3. The van der Waals surface area contributed by atoms with Crippen LogP contribution in [0, 0.1) is 0 Å². The van der Waals surface area contributed by atoms with Crippen LogP contribution in [0.5, 0.6) is 11.8 Å². The summed E-state index contributed by atoms with van der Waals surface area (Å²) >= 11 is 0. The van der Waals surface area contributed by atoms with Gasteiger partial charge in [0.2, 0.25) is 0 Å². The third-order valence-corrected chi connectivity index (χ3v) is 8.55. The molecule has 0 spiro atoms. The van der Waals surface area contributed by atoms with Crippen molar-refractivity contribution < 1.29 is 19.7 Å². The zero-order valence-electron chi connectivity index (χ0n) is 20.2. The number of H-pyrrole nitrogens is 1. The van der Waals surface area contributed by atoms with E-state index in [9.17, 15) is 10.2 Å². The number of ether oxygens (including phenoxy) is 2. The Morgan fingerprint density at radius 1 is 0.944 bits per heavy atom. The van der Waals surface area contributed by atoms with Crippen molar-refractivity contribution in [2.75, 3.05) is 14.2 Å². The van der Waals surface area contributed by atoms with Gasteiger partial charge < -0.3 is 34.1 Å². The van der Waals surface area contributed by atoms with Crippen molar-refractivity contribution in [1.82, 2.24) is 19.4 Å². The quantitative estimate of drug-likeness (QED) is 0.278. The van der Waals surface area contributed by atoms with E-state index in [4.69, 9.17) is 9.47 Å². The number of hydrogen-bond acceptors (Lipinski definition) is 5. The van der Waals surface area contributed by atoms with E-state index in [0.29, 0.717) is 17.2 Å². The summed E-state index contributed by atoms with van der Waals surface area (Å²) in [4.78, 5) is 2.81. The molecule has 8 rings (SSSR count). The van der Waals surface area contributed by atoms with E-state index in [0.717, 1.165) is 43.6 Å². The Bertz CT molecular complexity index is 1900. The Morgan fingerprint density at radius 3 is 2.22 bits per heavy atom. The second kappa shape index (κ2) is 6.53. The molecular formula is C28H26N4O4. The van der Waals surface area contributed by atoms with E-state index in [1.807, 2.05) is 31.3 Å². The zero-order chi connectivity index (χ0) is 24.5. The molecule has 0 aliphatic carbocycles. The molecule has 0 radical (unpaired) electrons. The van der Waals surface area contributed by atoms with Crippen molar-refractivity contribution in [3.63, 3.8) is 0 Å². The Hall–Kier alpha value is -3.72. The van der Waals surface area contributed by atoms with E-state index in [1.54, 1.807) is 7.11 Å². The average Bonchev–Trinajstić information content (AvgIpc) is 3.48. The summed E-state index contributed by atoms with van der Waals surface area (Å²) in [6.45, 7) is 2.10. The van der Waals surface area contributed by atoms with Crippen LogP contribution in [0.25, 0.3) is 54.4 Å². The minimum atomic E-state index is -0.846. The van der Waals surface area contributed by atoms with Gasteiger partial charge in [0.1, 0.15) is 12.3 Å². The highest BCUT2D eigenvalue weighted by molar-refractivity contribution is 6.38. The number of nitrogens with zero attached hydrogens (tertiary/aromatic N) is 2. The van der Waals surface area contributed by atoms with Crippen LogP contribution in [0.4, 0.5) is 0 Å². The van der Waals surface area contributed by atoms with Crippen LogP contribution in [0.15, 0.2) is 48.5 Å². The Labute approximate surface area is 205 Å². The van der Waals surface area contributed by atoms with Gasteiger partial charge in [-0.25, -0.2) is 0 Å². The summed E-state index contributed by atoms with van der Waals surface area (Å²) in [7, 11) is 3.71. The lowest BCUT2D eigenvalue weighted by Crippen LogP contribution is -2.59. The molecule has 3 aromatic carbocycles. The number of para-hydroxylation sites is 2. The average molecular weight is 483 g/mol. The van der Waals surface area contributed by atoms with Crippen LogP contribution < -0.4 is 5.32 Å². The molecule has 5 heterocycles. The molecule has 2 aliphatic heterocycles. The Morgan fingerprint density at radius 2 is 1.56 bits per heavy atom. The summed E-state index contributed by atoms with van der Waals surface area (Å²) in [5.74, 6) is -0.0785. The number of aromatic hydroxyl groups is 2. The van der Waals surface area contributed by atoms with Gasteiger partial charge in [-0.05, 0) is 26.1 Å². The Kier molecular flexibility index (Phi) is 3.71. The van der Waals surface area contributed by atoms with Gasteiger partial charge in [0.05, 0.1) is 32.8 Å². The van der Waals surface area contributed by atoms with Crippen molar-refractivity contribution in [2.45, 2.75) is 37.4 Å². The summed E-state index contributed by atoms with van der Waals surface area (Å²) < 4.78 is 17.8.